The lowest BCUT2D eigenvalue weighted by Crippen LogP contribution is -2.67. The maximum Gasteiger partial charge on any atom is 0.184 e. The van der Waals surface area contributed by atoms with Crippen LogP contribution in [0, 0.1) is 28.6 Å². The van der Waals surface area contributed by atoms with Crippen LogP contribution in [0.2, 0.25) is 0 Å². The molecule has 0 saturated heterocycles. The average Bonchev–Trinajstić information content (AvgIpc) is 2.48. The van der Waals surface area contributed by atoms with E-state index in [-0.39, 0.29) is 22.5 Å². The van der Waals surface area contributed by atoms with Gasteiger partial charge in [0.15, 0.2) is 5.78 Å². The molecule has 0 aromatic carbocycles. The molecule has 0 bridgehead atoms. The standard InChI is InChI=1S/C14H20O2/c1-8-4-5-10-13(2,3)12-11(16)9(15)6-7-14(8,10)12/h6-8,10-12,16H,4-5H2,1-3H3/t8-,10-,11+,12-,14-/m0/s1. The highest BCUT2D eigenvalue weighted by Gasteiger charge is 2.72. The Kier molecular flexibility index (Phi) is 1.83. The number of aliphatic hydroxyl groups excluding tert-OH is 1. The zero-order valence-corrected chi connectivity index (χ0v) is 10.2. The molecule has 2 heteroatoms. The second-order valence-corrected chi connectivity index (χ2v) is 6.51. The van der Waals surface area contributed by atoms with Crippen LogP contribution in [0.15, 0.2) is 12.2 Å². The van der Waals surface area contributed by atoms with Crippen LogP contribution in [-0.4, -0.2) is 17.0 Å². The van der Waals surface area contributed by atoms with E-state index in [9.17, 15) is 9.90 Å². The molecule has 0 aromatic heterocycles. The molecule has 2 fully saturated rings. The highest BCUT2D eigenvalue weighted by molar-refractivity contribution is 5.95. The summed E-state index contributed by atoms with van der Waals surface area (Å²) in [4.78, 5) is 11.6. The molecule has 2 saturated carbocycles. The highest BCUT2D eigenvalue weighted by atomic mass is 16.3. The number of hydrogen-bond donors (Lipinski definition) is 1. The summed E-state index contributed by atoms with van der Waals surface area (Å²) in [5.41, 5.74) is 0.238. The van der Waals surface area contributed by atoms with Crippen LogP contribution in [0.3, 0.4) is 0 Å². The topological polar surface area (TPSA) is 37.3 Å². The number of aliphatic hydroxyl groups is 1. The minimum atomic E-state index is -0.767. The largest absolute Gasteiger partial charge is 0.385 e. The van der Waals surface area contributed by atoms with Crippen molar-refractivity contribution in [2.24, 2.45) is 28.6 Å². The van der Waals surface area contributed by atoms with Gasteiger partial charge in [-0.3, -0.25) is 4.79 Å². The summed E-state index contributed by atoms with van der Waals surface area (Å²) >= 11 is 0. The van der Waals surface area contributed by atoms with Gasteiger partial charge in [-0.2, -0.15) is 0 Å². The first-order valence-corrected chi connectivity index (χ1v) is 6.33. The summed E-state index contributed by atoms with van der Waals surface area (Å²) < 4.78 is 0. The molecule has 5 atom stereocenters. The molecule has 3 aliphatic rings. The van der Waals surface area contributed by atoms with Crippen LogP contribution < -0.4 is 0 Å². The van der Waals surface area contributed by atoms with Crippen molar-refractivity contribution in [3.8, 4) is 0 Å². The fourth-order valence-electron chi connectivity index (χ4n) is 5.12. The first-order chi connectivity index (χ1) is 7.42. The number of rotatable bonds is 0. The van der Waals surface area contributed by atoms with Crippen LogP contribution in [0.5, 0.6) is 0 Å². The summed E-state index contributed by atoms with van der Waals surface area (Å²) in [5.74, 6) is 1.30. The van der Waals surface area contributed by atoms with Crippen LogP contribution in [0.25, 0.3) is 0 Å². The third kappa shape index (κ3) is 0.874. The number of carbonyl (C=O) groups is 1. The van der Waals surface area contributed by atoms with Crippen LogP contribution in [0.4, 0.5) is 0 Å². The van der Waals surface area contributed by atoms with Crippen molar-refractivity contribution in [1.82, 2.24) is 0 Å². The van der Waals surface area contributed by atoms with E-state index in [1.165, 1.54) is 12.8 Å². The van der Waals surface area contributed by atoms with Gasteiger partial charge in [0.2, 0.25) is 0 Å². The zero-order chi connectivity index (χ0) is 11.7. The Labute approximate surface area is 96.7 Å². The molecule has 0 amide bonds. The third-order valence-corrected chi connectivity index (χ3v) is 5.73. The van der Waals surface area contributed by atoms with Gasteiger partial charge in [0.05, 0.1) is 0 Å². The van der Waals surface area contributed by atoms with Gasteiger partial charge in [0, 0.05) is 11.3 Å². The molecule has 1 N–H and O–H groups in total. The number of carbonyl (C=O) groups excluding carboxylic acids is 1. The molecule has 0 unspecified atom stereocenters. The van der Waals surface area contributed by atoms with E-state index in [1.807, 2.05) is 0 Å². The predicted molar refractivity (Wildman–Crippen MR) is 61.7 cm³/mol. The lowest BCUT2D eigenvalue weighted by atomic mass is 9.37. The molecule has 1 spiro atoms. The van der Waals surface area contributed by atoms with E-state index in [4.69, 9.17) is 0 Å². The fraction of sp³-hybridized carbons (Fsp3) is 0.786. The van der Waals surface area contributed by atoms with Gasteiger partial charge in [-0.15, -0.1) is 0 Å². The third-order valence-electron chi connectivity index (χ3n) is 5.73. The van der Waals surface area contributed by atoms with Crippen LogP contribution >= 0.6 is 0 Å². The number of ketones is 1. The van der Waals surface area contributed by atoms with Gasteiger partial charge in [0.25, 0.3) is 0 Å². The van der Waals surface area contributed by atoms with Gasteiger partial charge >= 0.3 is 0 Å². The molecule has 0 heterocycles. The van der Waals surface area contributed by atoms with E-state index in [1.54, 1.807) is 6.08 Å². The lowest BCUT2D eigenvalue weighted by Gasteiger charge is -2.67. The Morgan fingerprint density at radius 1 is 1.38 bits per heavy atom. The maximum atomic E-state index is 11.6. The highest BCUT2D eigenvalue weighted by Crippen LogP contribution is 2.74. The van der Waals surface area contributed by atoms with Gasteiger partial charge in [-0.25, -0.2) is 0 Å². The van der Waals surface area contributed by atoms with Crippen molar-refractivity contribution < 1.29 is 9.90 Å². The van der Waals surface area contributed by atoms with Crippen molar-refractivity contribution in [3.63, 3.8) is 0 Å². The lowest BCUT2D eigenvalue weighted by molar-refractivity contribution is -0.201. The summed E-state index contributed by atoms with van der Waals surface area (Å²) in [6.45, 7) is 6.71. The summed E-state index contributed by atoms with van der Waals surface area (Å²) in [5, 5.41) is 10.2. The Bertz CT molecular complexity index is 382. The van der Waals surface area contributed by atoms with E-state index >= 15 is 0 Å². The molecule has 0 radical (unpaired) electrons. The van der Waals surface area contributed by atoms with Crippen molar-refractivity contribution in [2.75, 3.05) is 0 Å². The Morgan fingerprint density at radius 2 is 2.06 bits per heavy atom. The molecule has 0 aromatic rings. The first-order valence-electron chi connectivity index (χ1n) is 6.33. The summed E-state index contributed by atoms with van der Waals surface area (Å²) in [6.07, 6.45) is 5.47. The number of hydrogen-bond acceptors (Lipinski definition) is 2. The first kappa shape index (κ1) is 10.5. The normalized spacial score (nSPS) is 53.1. The Hall–Kier alpha value is -0.630. The van der Waals surface area contributed by atoms with Crippen LogP contribution in [-0.2, 0) is 4.79 Å². The maximum absolute atomic E-state index is 11.6. The molecular formula is C14H20O2. The van der Waals surface area contributed by atoms with Crippen molar-refractivity contribution in [2.45, 2.75) is 39.7 Å². The van der Waals surface area contributed by atoms with Crippen LogP contribution in [0.1, 0.15) is 33.6 Å². The summed E-state index contributed by atoms with van der Waals surface area (Å²) in [7, 11) is 0. The van der Waals surface area contributed by atoms with Crippen molar-refractivity contribution in [3.05, 3.63) is 12.2 Å². The quantitative estimate of drug-likeness (QED) is 0.679. The van der Waals surface area contributed by atoms with E-state index < -0.39 is 6.10 Å². The van der Waals surface area contributed by atoms with Crippen molar-refractivity contribution in [1.29, 1.82) is 0 Å². The monoisotopic (exact) mass is 220 g/mol. The smallest absolute Gasteiger partial charge is 0.184 e. The number of allylic oxidation sites excluding steroid dienone is 1. The second-order valence-electron chi connectivity index (χ2n) is 6.51. The van der Waals surface area contributed by atoms with E-state index in [0.717, 1.165) is 0 Å². The summed E-state index contributed by atoms with van der Waals surface area (Å²) in [6, 6.07) is 0. The molecule has 3 rings (SSSR count). The molecule has 3 aliphatic carbocycles. The minimum absolute atomic E-state index is 0.0961. The second kappa shape index (κ2) is 2.79. The molecule has 2 nitrogen and oxygen atoms in total. The minimum Gasteiger partial charge on any atom is -0.385 e. The van der Waals surface area contributed by atoms with Crippen molar-refractivity contribution >= 4 is 5.78 Å². The van der Waals surface area contributed by atoms with Gasteiger partial charge in [0.1, 0.15) is 6.10 Å². The molecule has 88 valence electrons. The van der Waals surface area contributed by atoms with Gasteiger partial charge in [-0.05, 0) is 36.2 Å². The average molecular weight is 220 g/mol. The Balaban J connectivity index is 2.12. The SMILES string of the molecule is C[C@H]1CC[C@H]2C(C)(C)[C@@H]3[C@H](O)C(=O)C=C[C@]123. The zero-order valence-electron chi connectivity index (χ0n) is 10.2. The molecule has 16 heavy (non-hydrogen) atoms. The van der Waals surface area contributed by atoms with E-state index in [2.05, 4.69) is 26.8 Å². The van der Waals surface area contributed by atoms with Gasteiger partial charge < -0.3 is 5.11 Å². The fourth-order valence-corrected chi connectivity index (χ4v) is 5.12. The molecule has 0 aliphatic heterocycles. The van der Waals surface area contributed by atoms with E-state index in [0.29, 0.717) is 11.8 Å². The van der Waals surface area contributed by atoms with Gasteiger partial charge in [-0.1, -0.05) is 26.8 Å². The Morgan fingerprint density at radius 3 is 2.75 bits per heavy atom. The molecular weight excluding hydrogens is 200 g/mol. The predicted octanol–water partition coefficient (Wildman–Crippen LogP) is 2.17.